The summed E-state index contributed by atoms with van der Waals surface area (Å²) in [5, 5.41) is 3.24. The maximum Gasteiger partial charge on any atom is 0.261 e. The molecule has 1 aromatic heterocycles. The van der Waals surface area contributed by atoms with Crippen molar-refractivity contribution in [2.24, 2.45) is 0 Å². The van der Waals surface area contributed by atoms with Gasteiger partial charge >= 0.3 is 0 Å². The number of hydrogen-bond donors (Lipinski definition) is 1. The number of amides is 1. The second-order valence-electron chi connectivity index (χ2n) is 5.77. The molecule has 0 spiro atoms. The lowest BCUT2D eigenvalue weighted by Crippen LogP contribution is -2.26. The van der Waals surface area contributed by atoms with Gasteiger partial charge < -0.3 is 10.2 Å². The van der Waals surface area contributed by atoms with E-state index >= 15 is 0 Å². The Morgan fingerprint density at radius 1 is 0.960 bits per heavy atom. The summed E-state index contributed by atoms with van der Waals surface area (Å²) in [5.41, 5.74) is 2.42. The van der Waals surface area contributed by atoms with Crippen LogP contribution in [0, 0.1) is 0 Å². The predicted octanol–water partition coefficient (Wildman–Crippen LogP) is 3.93. The molecule has 0 saturated carbocycles. The zero-order chi connectivity index (χ0) is 17.6. The number of anilines is 2. The van der Waals surface area contributed by atoms with Gasteiger partial charge in [0.25, 0.3) is 5.91 Å². The number of rotatable bonds is 5. The molecule has 3 rings (SSSR count). The summed E-state index contributed by atoms with van der Waals surface area (Å²) in [6.07, 6.45) is 3.10. The van der Waals surface area contributed by atoms with E-state index in [0.29, 0.717) is 11.5 Å². The lowest BCUT2D eigenvalue weighted by Gasteiger charge is -2.17. The highest BCUT2D eigenvalue weighted by Gasteiger charge is 2.14. The van der Waals surface area contributed by atoms with Crippen molar-refractivity contribution in [1.82, 2.24) is 9.97 Å². The first-order chi connectivity index (χ1) is 12.1. The Balaban J connectivity index is 1.69. The lowest BCUT2D eigenvalue weighted by molar-refractivity contribution is 0.0992. The molecule has 25 heavy (non-hydrogen) atoms. The van der Waals surface area contributed by atoms with Crippen LogP contribution in [0.3, 0.4) is 0 Å². The van der Waals surface area contributed by atoms with Crippen LogP contribution in [0.5, 0.6) is 0 Å². The normalized spacial score (nSPS) is 11.6. The summed E-state index contributed by atoms with van der Waals surface area (Å²) in [6, 6.07) is 19.6. The Kier molecular flexibility index (Phi) is 5.04. The number of aromatic nitrogens is 2. The highest BCUT2D eigenvalue weighted by atomic mass is 16.2. The Bertz CT molecular complexity index is 819. The number of para-hydroxylation sites is 1. The monoisotopic (exact) mass is 332 g/mol. The van der Waals surface area contributed by atoms with E-state index in [4.69, 9.17) is 0 Å². The number of carbonyl (C=O) groups excluding carboxylic acids is 1. The molecule has 5 nitrogen and oxygen atoms in total. The van der Waals surface area contributed by atoms with Crippen LogP contribution in [0.2, 0.25) is 0 Å². The van der Waals surface area contributed by atoms with Crippen LogP contribution in [0.15, 0.2) is 73.1 Å². The van der Waals surface area contributed by atoms with Gasteiger partial charge in [-0.2, -0.15) is 0 Å². The average Bonchev–Trinajstić information content (AvgIpc) is 2.69. The summed E-state index contributed by atoms with van der Waals surface area (Å²) in [4.78, 5) is 22.7. The van der Waals surface area contributed by atoms with Crippen LogP contribution >= 0.6 is 0 Å². The SMILES string of the molecule is CC(Nc1ncc(C(=O)N(C)c2ccccc2)cn1)c1ccccc1. The van der Waals surface area contributed by atoms with Crippen LogP contribution in [-0.4, -0.2) is 22.9 Å². The summed E-state index contributed by atoms with van der Waals surface area (Å²) in [5.74, 6) is 0.351. The number of benzene rings is 2. The van der Waals surface area contributed by atoms with E-state index in [1.54, 1.807) is 24.3 Å². The van der Waals surface area contributed by atoms with Crippen molar-refractivity contribution >= 4 is 17.5 Å². The predicted molar refractivity (Wildman–Crippen MR) is 99.7 cm³/mol. The topological polar surface area (TPSA) is 58.1 Å². The maximum atomic E-state index is 12.5. The molecule has 0 bridgehead atoms. The maximum absolute atomic E-state index is 12.5. The quantitative estimate of drug-likeness (QED) is 0.769. The Hall–Kier alpha value is -3.21. The molecule has 5 heteroatoms. The van der Waals surface area contributed by atoms with Gasteiger partial charge in [-0.25, -0.2) is 9.97 Å². The van der Waals surface area contributed by atoms with Gasteiger partial charge in [-0.1, -0.05) is 48.5 Å². The van der Waals surface area contributed by atoms with Crippen molar-refractivity contribution in [3.8, 4) is 0 Å². The van der Waals surface area contributed by atoms with Gasteiger partial charge in [-0.3, -0.25) is 4.79 Å². The summed E-state index contributed by atoms with van der Waals surface area (Å²) >= 11 is 0. The van der Waals surface area contributed by atoms with Crippen molar-refractivity contribution in [1.29, 1.82) is 0 Å². The molecule has 0 saturated heterocycles. The van der Waals surface area contributed by atoms with Gasteiger partial charge in [-0.15, -0.1) is 0 Å². The van der Waals surface area contributed by atoms with E-state index in [9.17, 15) is 4.79 Å². The van der Waals surface area contributed by atoms with Crippen molar-refractivity contribution in [2.75, 3.05) is 17.3 Å². The highest BCUT2D eigenvalue weighted by molar-refractivity contribution is 6.05. The van der Waals surface area contributed by atoms with Crippen LogP contribution in [-0.2, 0) is 0 Å². The van der Waals surface area contributed by atoms with E-state index in [1.807, 2.05) is 67.6 Å². The van der Waals surface area contributed by atoms with E-state index < -0.39 is 0 Å². The molecule has 1 heterocycles. The molecule has 1 amide bonds. The van der Waals surface area contributed by atoms with Gasteiger partial charge in [0.1, 0.15) is 0 Å². The van der Waals surface area contributed by atoms with Crippen LogP contribution in [0.4, 0.5) is 11.6 Å². The van der Waals surface area contributed by atoms with Crippen molar-refractivity contribution in [2.45, 2.75) is 13.0 Å². The van der Waals surface area contributed by atoms with Gasteiger partial charge in [0, 0.05) is 25.1 Å². The van der Waals surface area contributed by atoms with Crippen LogP contribution in [0.1, 0.15) is 28.9 Å². The minimum atomic E-state index is -0.145. The first-order valence-corrected chi connectivity index (χ1v) is 8.12. The first-order valence-electron chi connectivity index (χ1n) is 8.12. The molecular weight excluding hydrogens is 312 g/mol. The molecule has 0 fully saturated rings. The molecule has 126 valence electrons. The number of hydrogen-bond acceptors (Lipinski definition) is 4. The largest absolute Gasteiger partial charge is 0.348 e. The molecule has 1 atom stereocenters. The van der Waals surface area contributed by atoms with E-state index in [2.05, 4.69) is 15.3 Å². The average molecular weight is 332 g/mol. The molecule has 1 unspecified atom stereocenters. The molecule has 0 radical (unpaired) electrons. The minimum absolute atomic E-state index is 0.0785. The molecule has 0 aliphatic carbocycles. The highest BCUT2D eigenvalue weighted by Crippen LogP contribution is 2.17. The van der Waals surface area contributed by atoms with Gasteiger partial charge in [-0.05, 0) is 24.6 Å². The zero-order valence-electron chi connectivity index (χ0n) is 14.3. The minimum Gasteiger partial charge on any atom is -0.348 e. The zero-order valence-corrected chi connectivity index (χ0v) is 14.3. The summed E-state index contributed by atoms with van der Waals surface area (Å²) in [7, 11) is 1.74. The smallest absolute Gasteiger partial charge is 0.261 e. The van der Waals surface area contributed by atoms with Gasteiger partial charge in [0.05, 0.1) is 11.6 Å². The molecule has 0 aliphatic rings. The molecule has 3 aromatic rings. The third-order valence-electron chi connectivity index (χ3n) is 3.99. The van der Waals surface area contributed by atoms with E-state index in [1.165, 1.54) is 0 Å². The van der Waals surface area contributed by atoms with Gasteiger partial charge in [0.2, 0.25) is 5.95 Å². The fourth-order valence-electron chi connectivity index (χ4n) is 2.49. The second kappa shape index (κ2) is 7.57. The summed E-state index contributed by atoms with van der Waals surface area (Å²) < 4.78 is 0. The van der Waals surface area contributed by atoms with E-state index in [0.717, 1.165) is 11.3 Å². The lowest BCUT2D eigenvalue weighted by atomic mass is 10.1. The fourth-order valence-corrected chi connectivity index (χ4v) is 2.49. The summed E-state index contributed by atoms with van der Waals surface area (Å²) in [6.45, 7) is 2.04. The third kappa shape index (κ3) is 4.01. The molecule has 0 aliphatic heterocycles. The number of nitrogens with zero attached hydrogens (tertiary/aromatic N) is 3. The first kappa shape index (κ1) is 16.6. The van der Waals surface area contributed by atoms with Crippen LogP contribution < -0.4 is 10.2 Å². The standard InChI is InChI=1S/C20H20N4O/c1-15(16-9-5-3-6-10-16)23-20-21-13-17(14-22-20)19(25)24(2)18-11-7-4-8-12-18/h3-15H,1-2H3,(H,21,22,23). The Morgan fingerprint density at radius 2 is 1.52 bits per heavy atom. The number of carbonyl (C=O) groups is 1. The molecule has 1 N–H and O–H groups in total. The Labute approximate surface area is 147 Å². The fraction of sp³-hybridized carbons (Fsp3) is 0.150. The van der Waals surface area contributed by atoms with E-state index in [-0.39, 0.29) is 11.9 Å². The van der Waals surface area contributed by atoms with Crippen molar-refractivity contribution < 1.29 is 4.79 Å². The number of nitrogens with one attached hydrogen (secondary N) is 1. The molecular formula is C20H20N4O. The van der Waals surface area contributed by atoms with Gasteiger partial charge in [0.15, 0.2) is 0 Å². The second-order valence-corrected chi connectivity index (χ2v) is 5.77. The Morgan fingerprint density at radius 3 is 2.12 bits per heavy atom. The van der Waals surface area contributed by atoms with Crippen molar-refractivity contribution in [3.63, 3.8) is 0 Å². The van der Waals surface area contributed by atoms with Crippen molar-refractivity contribution in [3.05, 3.63) is 84.2 Å². The third-order valence-corrected chi connectivity index (χ3v) is 3.99. The molecule has 2 aromatic carbocycles. The van der Waals surface area contributed by atoms with Crippen LogP contribution in [0.25, 0.3) is 0 Å².